The minimum atomic E-state index is -4.66. The summed E-state index contributed by atoms with van der Waals surface area (Å²) in [5, 5.41) is 6.60. The molecule has 4 nitrogen and oxygen atoms in total. The Morgan fingerprint density at radius 2 is 2.04 bits per heavy atom. The van der Waals surface area contributed by atoms with Gasteiger partial charge in [0.2, 0.25) is 0 Å². The summed E-state index contributed by atoms with van der Waals surface area (Å²) in [6.45, 7) is 0.514. The van der Waals surface area contributed by atoms with Crippen molar-refractivity contribution in [1.29, 1.82) is 0 Å². The minimum Gasteiger partial charge on any atom is -0.427 e. The third kappa shape index (κ3) is 6.80. The first-order valence-corrected chi connectivity index (χ1v) is 7.65. The first kappa shape index (κ1) is 18.1. The lowest BCUT2D eigenvalue weighted by molar-refractivity contribution is -0.274. The van der Waals surface area contributed by atoms with Crippen LogP contribution in [0.1, 0.15) is 31.2 Å². The van der Waals surface area contributed by atoms with Crippen LogP contribution in [0, 0.1) is 0 Å². The molecule has 0 amide bonds. The van der Waals surface area contributed by atoms with E-state index in [9.17, 15) is 13.2 Å². The molecular formula is C15H21BF3N2O2. The van der Waals surface area contributed by atoms with Crippen molar-refractivity contribution in [2.75, 3.05) is 7.11 Å². The molecule has 1 aliphatic rings. The van der Waals surface area contributed by atoms with Gasteiger partial charge in [-0.2, -0.15) is 0 Å². The monoisotopic (exact) mass is 329 g/mol. The van der Waals surface area contributed by atoms with Gasteiger partial charge in [-0.25, -0.2) is 0 Å². The van der Waals surface area contributed by atoms with Crippen LogP contribution < -0.4 is 15.3 Å². The molecule has 1 aromatic rings. The highest BCUT2D eigenvalue weighted by Crippen LogP contribution is 2.24. The number of alkyl halides is 3. The molecule has 2 atom stereocenters. The zero-order chi connectivity index (χ0) is 16.7. The highest BCUT2D eigenvalue weighted by molar-refractivity contribution is 6.23. The largest absolute Gasteiger partial charge is 0.573 e. The lowest BCUT2D eigenvalue weighted by Gasteiger charge is -2.30. The second-order valence-corrected chi connectivity index (χ2v) is 5.66. The first-order chi connectivity index (χ1) is 11.0. The lowest BCUT2D eigenvalue weighted by Crippen LogP contribution is -2.43. The molecule has 8 heteroatoms. The van der Waals surface area contributed by atoms with Crippen molar-refractivity contribution >= 4 is 7.62 Å². The molecule has 1 saturated carbocycles. The van der Waals surface area contributed by atoms with E-state index in [4.69, 9.17) is 4.65 Å². The highest BCUT2D eigenvalue weighted by Gasteiger charge is 2.31. The number of hydrogen-bond acceptors (Lipinski definition) is 4. The summed E-state index contributed by atoms with van der Waals surface area (Å²) in [4.78, 5) is 0. The Balaban J connectivity index is 1.82. The molecule has 1 radical (unpaired) electrons. The second-order valence-electron chi connectivity index (χ2n) is 5.66. The number of rotatable bonds is 7. The van der Waals surface area contributed by atoms with E-state index in [1.807, 2.05) is 0 Å². The lowest BCUT2D eigenvalue weighted by atomic mass is 9.89. The van der Waals surface area contributed by atoms with Crippen LogP contribution in [0.2, 0.25) is 0 Å². The van der Waals surface area contributed by atoms with Crippen molar-refractivity contribution < 1.29 is 22.6 Å². The van der Waals surface area contributed by atoms with Gasteiger partial charge in [0, 0.05) is 19.7 Å². The summed E-state index contributed by atoms with van der Waals surface area (Å²) in [7, 11) is 3.19. The van der Waals surface area contributed by atoms with E-state index >= 15 is 0 Å². The fourth-order valence-corrected chi connectivity index (χ4v) is 2.81. The maximum Gasteiger partial charge on any atom is 0.573 e. The minimum absolute atomic E-state index is 0.185. The van der Waals surface area contributed by atoms with Gasteiger partial charge >= 0.3 is 14.0 Å². The van der Waals surface area contributed by atoms with Crippen LogP contribution in [-0.2, 0) is 11.2 Å². The molecule has 0 aliphatic heterocycles. The van der Waals surface area contributed by atoms with Crippen molar-refractivity contribution in [3.63, 3.8) is 0 Å². The Hall–Kier alpha value is -1.25. The predicted molar refractivity (Wildman–Crippen MR) is 81.9 cm³/mol. The van der Waals surface area contributed by atoms with Crippen LogP contribution in [0.5, 0.6) is 5.75 Å². The quantitative estimate of drug-likeness (QED) is 0.755. The molecule has 2 N–H and O–H groups in total. The summed E-state index contributed by atoms with van der Waals surface area (Å²) in [5.41, 5.74) is 0.769. The molecular weight excluding hydrogens is 308 g/mol. The van der Waals surface area contributed by atoms with E-state index in [1.54, 1.807) is 26.9 Å². The van der Waals surface area contributed by atoms with E-state index in [2.05, 4.69) is 15.3 Å². The van der Waals surface area contributed by atoms with Gasteiger partial charge in [-0.15, -0.1) is 13.2 Å². The fourth-order valence-electron chi connectivity index (χ4n) is 2.81. The van der Waals surface area contributed by atoms with Gasteiger partial charge < -0.3 is 19.9 Å². The van der Waals surface area contributed by atoms with Crippen molar-refractivity contribution in [3.8, 4) is 5.75 Å². The molecule has 2 unspecified atom stereocenters. The van der Waals surface area contributed by atoms with Crippen molar-refractivity contribution in [2.45, 2.75) is 50.7 Å². The zero-order valence-corrected chi connectivity index (χ0v) is 13.0. The van der Waals surface area contributed by atoms with Gasteiger partial charge in [0.1, 0.15) is 5.75 Å². The smallest absolute Gasteiger partial charge is 0.427 e. The average Bonchev–Trinajstić information content (AvgIpc) is 2.50. The summed E-state index contributed by atoms with van der Waals surface area (Å²) in [6.07, 6.45) is -0.453. The molecule has 1 aliphatic carbocycles. The molecule has 0 spiro atoms. The number of nitrogens with one attached hydrogen (secondary N) is 2. The van der Waals surface area contributed by atoms with Gasteiger partial charge in [0.05, 0.1) is 0 Å². The number of halogens is 3. The Morgan fingerprint density at radius 3 is 2.78 bits per heavy atom. The number of ether oxygens (including phenoxy) is 1. The van der Waals surface area contributed by atoms with E-state index in [0.29, 0.717) is 18.6 Å². The standard InChI is InChI=1S/C15H21BF3N2O2/c1-22-16-21-13-6-3-5-12(9-13)20-10-11-4-2-7-14(8-11)23-15(17,18)19/h2,4,7-8,12-13,20-21H,3,5-6,9-10H2,1H3. The Kier molecular flexibility index (Phi) is 6.74. The van der Waals surface area contributed by atoms with Gasteiger partial charge in [0.15, 0.2) is 0 Å². The summed E-state index contributed by atoms with van der Waals surface area (Å²) in [5.74, 6) is -0.185. The van der Waals surface area contributed by atoms with Crippen LogP contribution in [0.15, 0.2) is 24.3 Å². The number of benzene rings is 1. The number of hydrogen-bond donors (Lipinski definition) is 2. The Bertz CT molecular complexity index is 488. The molecule has 2 rings (SSSR count). The Labute approximate surface area is 135 Å². The maximum absolute atomic E-state index is 12.2. The molecule has 0 saturated heterocycles. The van der Waals surface area contributed by atoms with Gasteiger partial charge in [-0.05, 0) is 43.0 Å². The van der Waals surface area contributed by atoms with Gasteiger partial charge in [-0.1, -0.05) is 18.6 Å². The molecule has 127 valence electrons. The van der Waals surface area contributed by atoms with Gasteiger partial charge in [-0.3, -0.25) is 0 Å². The average molecular weight is 329 g/mol. The maximum atomic E-state index is 12.2. The molecule has 0 bridgehead atoms. The van der Waals surface area contributed by atoms with Crippen LogP contribution in [0.4, 0.5) is 13.2 Å². The second kappa shape index (κ2) is 8.56. The van der Waals surface area contributed by atoms with E-state index < -0.39 is 6.36 Å². The van der Waals surface area contributed by atoms with Crippen molar-refractivity contribution in [3.05, 3.63) is 29.8 Å². The first-order valence-electron chi connectivity index (χ1n) is 7.65. The Morgan fingerprint density at radius 1 is 1.26 bits per heavy atom. The van der Waals surface area contributed by atoms with Crippen molar-refractivity contribution in [2.24, 2.45) is 0 Å². The van der Waals surface area contributed by atoms with Crippen molar-refractivity contribution in [1.82, 2.24) is 10.5 Å². The zero-order valence-electron chi connectivity index (χ0n) is 13.0. The normalized spacial score (nSPS) is 21.9. The third-order valence-electron chi connectivity index (χ3n) is 3.82. The van der Waals surface area contributed by atoms with E-state index in [1.165, 1.54) is 12.1 Å². The third-order valence-corrected chi connectivity index (χ3v) is 3.82. The predicted octanol–water partition coefficient (Wildman–Crippen LogP) is 2.76. The highest BCUT2D eigenvalue weighted by atomic mass is 19.4. The van der Waals surface area contributed by atoms with E-state index in [-0.39, 0.29) is 5.75 Å². The van der Waals surface area contributed by atoms with Gasteiger partial charge in [0.25, 0.3) is 0 Å². The molecule has 0 aromatic heterocycles. The van der Waals surface area contributed by atoms with Crippen LogP contribution in [-0.4, -0.2) is 33.2 Å². The summed E-state index contributed by atoms with van der Waals surface area (Å²) >= 11 is 0. The summed E-state index contributed by atoms with van der Waals surface area (Å²) < 4.78 is 45.5. The van der Waals surface area contributed by atoms with Crippen LogP contribution in [0.3, 0.4) is 0 Å². The summed E-state index contributed by atoms with van der Waals surface area (Å²) in [6, 6.07) is 6.76. The topological polar surface area (TPSA) is 42.5 Å². The van der Waals surface area contributed by atoms with E-state index in [0.717, 1.165) is 31.2 Å². The van der Waals surface area contributed by atoms with Crippen LogP contribution in [0.25, 0.3) is 0 Å². The molecule has 1 aromatic carbocycles. The molecule has 0 heterocycles. The fraction of sp³-hybridized carbons (Fsp3) is 0.600. The molecule has 1 fully saturated rings. The molecule has 23 heavy (non-hydrogen) atoms. The van der Waals surface area contributed by atoms with Crippen LogP contribution >= 0.6 is 0 Å². The SMILES string of the molecule is CO[B]NC1CCCC(NCc2cccc(OC(F)(F)F)c2)C1.